The Bertz CT molecular complexity index is 463. The van der Waals surface area contributed by atoms with Gasteiger partial charge in [0.1, 0.15) is 5.78 Å². The van der Waals surface area contributed by atoms with Crippen molar-refractivity contribution in [3.63, 3.8) is 0 Å². The molecule has 0 aliphatic heterocycles. The minimum atomic E-state index is -2.02. The number of hydrogen-bond donors (Lipinski definition) is 1. The van der Waals surface area contributed by atoms with Gasteiger partial charge in [-0.15, -0.1) is 0 Å². The van der Waals surface area contributed by atoms with Crippen LogP contribution in [0.25, 0.3) is 0 Å². The first-order valence-corrected chi connectivity index (χ1v) is 4.53. The number of carbonyl (C=O) groups excluding carboxylic acids is 2. The summed E-state index contributed by atoms with van der Waals surface area (Å²) in [6.07, 6.45) is -0.576. The Labute approximate surface area is 91.9 Å². The van der Waals surface area contributed by atoms with Gasteiger partial charge in [0.05, 0.1) is 18.2 Å². The van der Waals surface area contributed by atoms with E-state index in [9.17, 15) is 9.59 Å². The van der Waals surface area contributed by atoms with Gasteiger partial charge >= 0.3 is 0 Å². The third-order valence-electron chi connectivity index (χ3n) is 2.96. The van der Waals surface area contributed by atoms with Crippen molar-refractivity contribution in [2.45, 2.75) is 19.3 Å². The van der Waals surface area contributed by atoms with Gasteiger partial charge in [0.15, 0.2) is 10.8 Å². The average Bonchev–Trinajstić information content (AvgIpc) is 2.29. The van der Waals surface area contributed by atoms with Crippen molar-refractivity contribution in [2.75, 3.05) is 0 Å². The zero-order valence-corrected chi connectivity index (χ0v) is 8.36. The summed E-state index contributed by atoms with van der Waals surface area (Å²) < 4.78 is 0. The normalized spacial score (nSPS) is 27.2. The average molecular weight is 216 g/mol. The maximum atomic E-state index is 11.3. The van der Waals surface area contributed by atoms with E-state index in [0.717, 1.165) is 0 Å². The molecule has 1 amide bonds. The molecule has 1 fully saturated rings. The third kappa shape index (κ3) is 1.23. The van der Waals surface area contributed by atoms with Crippen LogP contribution in [0.1, 0.15) is 19.3 Å². The maximum absolute atomic E-state index is 11.3. The van der Waals surface area contributed by atoms with Gasteiger partial charge in [-0.2, -0.15) is 15.8 Å². The van der Waals surface area contributed by atoms with E-state index in [-0.39, 0.29) is 18.6 Å². The molecule has 1 unspecified atom stereocenters. The molecule has 1 saturated carbocycles. The number of rotatable bonds is 1. The van der Waals surface area contributed by atoms with E-state index in [1.54, 1.807) is 18.2 Å². The van der Waals surface area contributed by atoms with Gasteiger partial charge in [-0.3, -0.25) is 9.59 Å². The smallest absolute Gasteiger partial charge is 0.241 e. The highest BCUT2D eigenvalue weighted by atomic mass is 16.1. The van der Waals surface area contributed by atoms with Crippen molar-refractivity contribution in [1.29, 1.82) is 15.8 Å². The molecule has 16 heavy (non-hydrogen) atoms. The molecular formula is C10H8N4O2. The first-order valence-electron chi connectivity index (χ1n) is 4.53. The van der Waals surface area contributed by atoms with Crippen LogP contribution >= 0.6 is 0 Å². The highest BCUT2D eigenvalue weighted by molar-refractivity contribution is 5.94. The highest BCUT2D eigenvalue weighted by Gasteiger charge is 2.61. The lowest BCUT2D eigenvalue weighted by Gasteiger charge is -2.36. The van der Waals surface area contributed by atoms with E-state index in [1.807, 2.05) is 0 Å². The second-order valence-electron chi connectivity index (χ2n) is 3.73. The molecule has 0 aromatic heterocycles. The first kappa shape index (κ1) is 11.7. The molecule has 1 aliphatic rings. The number of hydrogen-bond acceptors (Lipinski definition) is 5. The number of nitrogens with zero attached hydrogens (tertiary/aromatic N) is 3. The number of amides is 1. The molecule has 1 aliphatic carbocycles. The van der Waals surface area contributed by atoms with Crippen LogP contribution in [0.3, 0.4) is 0 Å². The Morgan fingerprint density at radius 1 is 1.25 bits per heavy atom. The standard InChI is InChI=1S/C10H8N4O2/c11-4-9(5-12)2-1-7(15)3-10(9,6-13)8(14)16/h1-3H2,(H2,14,16). The second kappa shape index (κ2) is 3.64. The van der Waals surface area contributed by atoms with Crippen molar-refractivity contribution in [3.8, 4) is 18.2 Å². The monoisotopic (exact) mass is 216 g/mol. The van der Waals surface area contributed by atoms with Crippen LogP contribution in [0.4, 0.5) is 0 Å². The number of nitrogens with two attached hydrogens (primary N) is 1. The molecule has 0 bridgehead atoms. The van der Waals surface area contributed by atoms with Gasteiger partial charge in [-0.05, 0) is 6.42 Å². The van der Waals surface area contributed by atoms with E-state index >= 15 is 0 Å². The molecule has 6 heteroatoms. The van der Waals surface area contributed by atoms with E-state index in [2.05, 4.69) is 0 Å². The Morgan fingerprint density at radius 3 is 2.19 bits per heavy atom. The highest BCUT2D eigenvalue weighted by Crippen LogP contribution is 2.48. The predicted octanol–water partition coefficient (Wildman–Crippen LogP) is -0.232. The van der Waals surface area contributed by atoms with Crippen LogP contribution in [0.15, 0.2) is 0 Å². The summed E-state index contributed by atoms with van der Waals surface area (Å²) in [5.74, 6) is -1.42. The molecule has 80 valence electrons. The molecule has 6 nitrogen and oxygen atoms in total. The quantitative estimate of drug-likeness (QED) is 0.646. The van der Waals surface area contributed by atoms with Crippen molar-refractivity contribution < 1.29 is 9.59 Å². The first-order chi connectivity index (χ1) is 7.48. The summed E-state index contributed by atoms with van der Waals surface area (Å²) in [5.41, 5.74) is 1.25. The molecule has 0 aromatic carbocycles. The summed E-state index contributed by atoms with van der Waals surface area (Å²) >= 11 is 0. The van der Waals surface area contributed by atoms with Crippen molar-refractivity contribution >= 4 is 11.7 Å². The maximum Gasteiger partial charge on any atom is 0.241 e. The Hall–Kier alpha value is -2.39. The summed E-state index contributed by atoms with van der Waals surface area (Å²) in [4.78, 5) is 22.6. The Morgan fingerprint density at radius 2 is 1.81 bits per heavy atom. The molecule has 0 radical (unpaired) electrons. The van der Waals surface area contributed by atoms with Crippen LogP contribution in [-0.4, -0.2) is 11.7 Å². The molecule has 0 heterocycles. The van der Waals surface area contributed by atoms with Gasteiger partial charge in [-0.25, -0.2) is 0 Å². The molecule has 1 rings (SSSR count). The van der Waals surface area contributed by atoms with Gasteiger partial charge in [0, 0.05) is 12.8 Å². The van der Waals surface area contributed by atoms with E-state index < -0.39 is 23.2 Å². The fraction of sp³-hybridized carbons (Fsp3) is 0.500. The van der Waals surface area contributed by atoms with Crippen molar-refractivity contribution in [2.24, 2.45) is 16.6 Å². The second-order valence-corrected chi connectivity index (χ2v) is 3.73. The molecule has 0 saturated heterocycles. The van der Waals surface area contributed by atoms with Gasteiger partial charge in [0.2, 0.25) is 5.91 Å². The lowest BCUT2D eigenvalue weighted by Crippen LogP contribution is -2.52. The molecule has 2 N–H and O–H groups in total. The van der Waals surface area contributed by atoms with Gasteiger partial charge < -0.3 is 5.73 Å². The van der Waals surface area contributed by atoms with Crippen LogP contribution in [-0.2, 0) is 9.59 Å². The zero-order chi connectivity index (χ0) is 12.4. The molecular weight excluding hydrogens is 208 g/mol. The summed E-state index contributed by atoms with van der Waals surface area (Å²) in [7, 11) is 0. The number of nitriles is 3. The Kier molecular flexibility index (Phi) is 2.66. The number of ketones is 1. The number of carbonyl (C=O) groups is 2. The summed E-state index contributed by atoms with van der Waals surface area (Å²) in [5, 5.41) is 27.0. The van der Waals surface area contributed by atoms with Gasteiger partial charge in [-0.1, -0.05) is 0 Å². The SMILES string of the molecule is N#CC1(C#N)CCC(=O)CC1(C#N)C(N)=O. The van der Waals surface area contributed by atoms with Crippen molar-refractivity contribution in [3.05, 3.63) is 0 Å². The summed E-state index contributed by atoms with van der Waals surface area (Å²) in [6, 6.07) is 4.95. The number of Topliss-reactive ketones (excluding diaryl/α,β-unsaturated/α-hetero) is 1. The van der Waals surface area contributed by atoms with Crippen LogP contribution in [0.2, 0.25) is 0 Å². The minimum Gasteiger partial charge on any atom is -0.368 e. The van der Waals surface area contributed by atoms with Crippen molar-refractivity contribution in [1.82, 2.24) is 0 Å². The lowest BCUT2D eigenvalue weighted by molar-refractivity contribution is -0.137. The topological polar surface area (TPSA) is 132 Å². The zero-order valence-electron chi connectivity index (χ0n) is 8.36. The van der Waals surface area contributed by atoms with E-state index in [4.69, 9.17) is 21.5 Å². The fourth-order valence-corrected chi connectivity index (χ4v) is 1.89. The summed E-state index contributed by atoms with van der Waals surface area (Å²) in [6.45, 7) is 0. The predicted molar refractivity (Wildman–Crippen MR) is 49.8 cm³/mol. The van der Waals surface area contributed by atoms with Crippen LogP contribution in [0.5, 0.6) is 0 Å². The van der Waals surface area contributed by atoms with E-state index in [1.165, 1.54) is 0 Å². The lowest BCUT2D eigenvalue weighted by atomic mass is 9.57. The Balaban J connectivity index is 3.46. The number of primary amides is 1. The molecule has 0 aromatic rings. The largest absolute Gasteiger partial charge is 0.368 e. The third-order valence-corrected chi connectivity index (χ3v) is 2.96. The van der Waals surface area contributed by atoms with Crippen LogP contribution in [0, 0.1) is 44.8 Å². The van der Waals surface area contributed by atoms with Crippen LogP contribution < -0.4 is 5.73 Å². The van der Waals surface area contributed by atoms with Gasteiger partial charge in [0.25, 0.3) is 0 Å². The minimum absolute atomic E-state index is 0.0117. The molecule has 1 atom stereocenters. The van der Waals surface area contributed by atoms with E-state index in [0.29, 0.717) is 0 Å². The fourth-order valence-electron chi connectivity index (χ4n) is 1.89. The molecule has 0 spiro atoms.